The first-order chi connectivity index (χ1) is 8.67. The Morgan fingerprint density at radius 3 is 3.17 bits per heavy atom. The monoisotopic (exact) mass is 266 g/mol. The largest absolute Gasteiger partial charge is 0.340 e. The number of anilines is 2. The van der Waals surface area contributed by atoms with Crippen LogP contribution >= 0.6 is 11.6 Å². The minimum Gasteiger partial charge on any atom is -0.340 e. The van der Waals surface area contributed by atoms with E-state index >= 15 is 0 Å². The number of carbonyl (C=O) groups excluding carboxylic acids is 1. The van der Waals surface area contributed by atoms with Gasteiger partial charge in [0.05, 0.1) is 6.20 Å². The molecule has 6 heteroatoms. The standard InChI is InChI=1S/C12H15ClN4O/c1-2-12-5-3-4-6-17(12)9-8(15-10(12)18)7-14-11(13)16-9/h7H,2-6H2,1H3,(H,15,18). The molecule has 0 spiro atoms. The van der Waals surface area contributed by atoms with E-state index in [-0.39, 0.29) is 11.2 Å². The first-order valence-electron chi connectivity index (χ1n) is 6.29. The quantitative estimate of drug-likeness (QED) is 0.792. The lowest BCUT2D eigenvalue weighted by atomic mass is 9.82. The van der Waals surface area contributed by atoms with Crippen LogP contribution in [0.1, 0.15) is 32.6 Å². The lowest BCUT2D eigenvalue weighted by Gasteiger charge is -2.49. The SMILES string of the molecule is CCC12CCCCN1c1nc(Cl)ncc1NC2=O. The predicted molar refractivity (Wildman–Crippen MR) is 69.9 cm³/mol. The van der Waals surface area contributed by atoms with Gasteiger partial charge in [0.25, 0.3) is 0 Å². The first kappa shape index (κ1) is 11.7. The molecular weight excluding hydrogens is 252 g/mol. The molecule has 1 N–H and O–H groups in total. The Labute approximate surface area is 111 Å². The van der Waals surface area contributed by atoms with Gasteiger partial charge in [-0.3, -0.25) is 4.79 Å². The molecule has 1 atom stereocenters. The molecule has 5 nitrogen and oxygen atoms in total. The maximum absolute atomic E-state index is 12.4. The van der Waals surface area contributed by atoms with E-state index in [0.717, 1.165) is 38.0 Å². The second-order valence-corrected chi connectivity index (χ2v) is 5.16. The van der Waals surface area contributed by atoms with Crippen LogP contribution in [-0.4, -0.2) is 28.0 Å². The van der Waals surface area contributed by atoms with Crippen LogP contribution in [0.15, 0.2) is 6.20 Å². The molecule has 1 unspecified atom stereocenters. The van der Waals surface area contributed by atoms with Gasteiger partial charge in [-0.1, -0.05) is 6.92 Å². The highest BCUT2D eigenvalue weighted by molar-refractivity contribution is 6.28. The lowest BCUT2D eigenvalue weighted by Crippen LogP contribution is -2.62. The Kier molecular flexibility index (Phi) is 2.66. The second kappa shape index (κ2) is 4.09. The summed E-state index contributed by atoms with van der Waals surface area (Å²) in [5, 5.41) is 3.14. The van der Waals surface area contributed by atoms with Crippen molar-refractivity contribution in [3.63, 3.8) is 0 Å². The van der Waals surface area contributed by atoms with Crippen LogP contribution in [0, 0.1) is 0 Å². The summed E-state index contributed by atoms with van der Waals surface area (Å²) in [5.41, 5.74) is 0.207. The fourth-order valence-corrected chi connectivity index (χ4v) is 3.12. The van der Waals surface area contributed by atoms with Crippen molar-refractivity contribution in [3.05, 3.63) is 11.5 Å². The smallest absolute Gasteiger partial charge is 0.250 e. The third kappa shape index (κ3) is 1.50. The minimum absolute atomic E-state index is 0.0584. The third-order valence-electron chi connectivity index (χ3n) is 3.99. The van der Waals surface area contributed by atoms with E-state index in [9.17, 15) is 4.79 Å². The molecule has 2 aliphatic heterocycles. The summed E-state index contributed by atoms with van der Waals surface area (Å²) in [5.74, 6) is 0.819. The van der Waals surface area contributed by atoms with Gasteiger partial charge in [0.15, 0.2) is 5.82 Å². The van der Waals surface area contributed by atoms with Crippen molar-refractivity contribution in [1.29, 1.82) is 0 Å². The van der Waals surface area contributed by atoms with Crippen molar-refractivity contribution >= 4 is 29.0 Å². The molecule has 1 fully saturated rings. The van der Waals surface area contributed by atoms with E-state index < -0.39 is 5.54 Å². The zero-order chi connectivity index (χ0) is 12.8. The van der Waals surface area contributed by atoms with Crippen LogP contribution in [-0.2, 0) is 4.79 Å². The summed E-state index contributed by atoms with van der Waals surface area (Å²) in [6.45, 7) is 2.90. The predicted octanol–water partition coefficient (Wildman–Crippen LogP) is 2.22. The van der Waals surface area contributed by atoms with Gasteiger partial charge in [-0.15, -0.1) is 0 Å². The minimum atomic E-state index is -0.455. The summed E-state index contributed by atoms with van der Waals surface area (Å²) in [6, 6.07) is 0. The summed E-state index contributed by atoms with van der Waals surface area (Å²) >= 11 is 5.87. The summed E-state index contributed by atoms with van der Waals surface area (Å²) in [7, 11) is 0. The molecule has 0 radical (unpaired) electrons. The number of amides is 1. The molecule has 0 aliphatic carbocycles. The van der Waals surface area contributed by atoms with Gasteiger partial charge in [0, 0.05) is 6.54 Å². The van der Waals surface area contributed by atoms with E-state index in [4.69, 9.17) is 11.6 Å². The molecule has 3 rings (SSSR count). The molecule has 3 heterocycles. The van der Waals surface area contributed by atoms with Crippen LogP contribution in [0.25, 0.3) is 0 Å². The van der Waals surface area contributed by atoms with Crippen molar-refractivity contribution in [2.45, 2.75) is 38.1 Å². The number of fused-ring (bicyclic) bond motifs is 3. The molecule has 0 aromatic carbocycles. The van der Waals surface area contributed by atoms with Crippen molar-refractivity contribution in [3.8, 4) is 0 Å². The average Bonchev–Trinajstić information content (AvgIpc) is 2.40. The van der Waals surface area contributed by atoms with Gasteiger partial charge in [-0.25, -0.2) is 4.98 Å². The third-order valence-corrected chi connectivity index (χ3v) is 4.17. The molecule has 1 saturated heterocycles. The van der Waals surface area contributed by atoms with Crippen LogP contribution in [0.4, 0.5) is 11.5 Å². The molecule has 1 amide bonds. The van der Waals surface area contributed by atoms with Crippen LogP contribution in [0.3, 0.4) is 0 Å². The maximum atomic E-state index is 12.4. The Hall–Kier alpha value is -1.36. The summed E-state index contributed by atoms with van der Waals surface area (Å²) in [6.07, 6.45) is 5.38. The van der Waals surface area contributed by atoms with Gasteiger partial charge in [-0.05, 0) is 37.3 Å². The van der Waals surface area contributed by atoms with Gasteiger partial charge in [-0.2, -0.15) is 4.98 Å². The van der Waals surface area contributed by atoms with E-state index in [0.29, 0.717) is 5.69 Å². The molecule has 0 bridgehead atoms. The highest BCUT2D eigenvalue weighted by atomic mass is 35.5. The zero-order valence-corrected chi connectivity index (χ0v) is 11.0. The number of rotatable bonds is 1. The normalized spacial score (nSPS) is 26.3. The number of hydrogen-bond donors (Lipinski definition) is 1. The molecule has 1 aromatic heterocycles. The summed E-state index contributed by atoms with van der Waals surface area (Å²) in [4.78, 5) is 22.7. The fourth-order valence-electron chi connectivity index (χ4n) is 2.99. The molecule has 18 heavy (non-hydrogen) atoms. The van der Waals surface area contributed by atoms with E-state index in [1.165, 1.54) is 0 Å². The topological polar surface area (TPSA) is 58.1 Å². The number of hydrogen-bond acceptors (Lipinski definition) is 4. The second-order valence-electron chi connectivity index (χ2n) is 4.82. The van der Waals surface area contributed by atoms with Crippen LogP contribution in [0.5, 0.6) is 0 Å². The van der Waals surface area contributed by atoms with E-state index in [1.807, 2.05) is 6.92 Å². The van der Waals surface area contributed by atoms with E-state index in [2.05, 4.69) is 20.2 Å². The van der Waals surface area contributed by atoms with Crippen LogP contribution < -0.4 is 10.2 Å². The molecule has 0 saturated carbocycles. The van der Waals surface area contributed by atoms with Gasteiger partial charge in [0.2, 0.25) is 11.2 Å². The highest BCUT2D eigenvalue weighted by Gasteiger charge is 2.48. The number of aromatic nitrogens is 2. The molecule has 2 aliphatic rings. The Bertz CT molecular complexity index is 507. The zero-order valence-electron chi connectivity index (χ0n) is 10.2. The molecule has 1 aromatic rings. The van der Waals surface area contributed by atoms with Gasteiger partial charge < -0.3 is 10.2 Å². The number of nitrogens with one attached hydrogen (secondary N) is 1. The van der Waals surface area contributed by atoms with Crippen molar-refractivity contribution in [1.82, 2.24) is 9.97 Å². The van der Waals surface area contributed by atoms with Crippen molar-refractivity contribution in [2.24, 2.45) is 0 Å². The molecule has 96 valence electrons. The lowest BCUT2D eigenvalue weighted by molar-refractivity contribution is -0.122. The Balaban J connectivity index is 2.14. The van der Waals surface area contributed by atoms with E-state index in [1.54, 1.807) is 6.20 Å². The van der Waals surface area contributed by atoms with Crippen molar-refractivity contribution < 1.29 is 4.79 Å². The van der Waals surface area contributed by atoms with Gasteiger partial charge in [0.1, 0.15) is 11.2 Å². The van der Waals surface area contributed by atoms with Gasteiger partial charge >= 0.3 is 0 Å². The summed E-state index contributed by atoms with van der Waals surface area (Å²) < 4.78 is 0. The first-order valence-corrected chi connectivity index (χ1v) is 6.67. The number of carbonyl (C=O) groups is 1. The Morgan fingerprint density at radius 2 is 2.39 bits per heavy atom. The highest BCUT2D eigenvalue weighted by Crippen LogP contribution is 2.42. The number of nitrogens with zero attached hydrogens (tertiary/aromatic N) is 3. The fraction of sp³-hybridized carbons (Fsp3) is 0.583. The average molecular weight is 267 g/mol. The van der Waals surface area contributed by atoms with Crippen molar-refractivity contribution in [2.75, 3.05) is 16.8 Å². The Morgan fingerprint density at radius 1 is 1.56 bits per heavy atom. The van der Waals surface area contributed by atoms with Crippen LogP contribution in [0.2, 0.25) is 5.28 Å². The number of piperidine rings is 1. The molecular formula is C12H15ClN4O. The number of halogens is 1. The maximum Gasteiger partial charge on any atom is 0.250 e.